The SMILES string of the molecule is Cc1nc(CNCc2cccc(CO)c2)no1. The molecule has 0 aliphatic heterocycles. The Morgan fingerprint density at radius 3 is 2.82 bits per heavy atom. The summed E-state index contributed by atoms with van der Waals surface area (Å²) in [7, 11) is 0. The molecule has 5 nitrogen and oxygen atoms in total. The fourth-order valence-corrected chi connectivity index (χ4v) is 1.57. The van der Waals surface area contributed by atoms with Gasteiger partial charge in [0.2, 0.25) is 5.89 Å². The summed E-state index contributed by atoms with van der Waals surface area (Å²) in [6.45, 7) is 3.11. The first-order valence-electron chi connectivity index (χ1n) is 5.46. The highest BCUT2D eigenvalue weighted by atomic mass is 16.5. The minimum atomic E-state index is 0.0673. The Morgan fingerprint density at radius 1 is 1.29 bits per heavy atom. The highest BCUT2D eigenvalue weighted by Crippen LogP contribution is 2.05. The summed E-state index contributed by atoms with van der Waals surface area (Å²) in [4.78, 5) is 4.10. The molecular weight excluding hydrogens is 218 g/mol. The maximum absolute atomic E-state index is 9.02. The number of aromatic nitrogens is 2. The molecule has 0 aliphatic rings. The van der Waals surface area contributed by atoms with E-state index in [0.29, 0.717) is 24.8 Å². The minimum absolute atomic E-state index is 0.0673. The van der Waals surface area contributed by atoms with Crippen LogP contribution >= 0.6 is 0 Å². The molecule has 0 saturated heterocycles. The second-order valence-corrected chi connectivity index (χ2v) is 3.81. The Bertz CT molecular complexity index is 482. The molecule has 0 atom stereocenters. The number of aryl methyl sites for hydroxylation is 1. The summed E-state index contributed by atoms with van der Waals surface area (Å²) in [6.07, 6.45) is 0. The molecule has 0 radical (unpaired) electrons. The van der Waals surface area contributed by atoms with Crippen LogP contribution in [0, 0.1) is 6.92 Å². The molecule has 1 aromatic heterocycles. The standard InChI is InChI=1S/C12H15N3O2/c1-9-14-12(15-17-9)7-13-6-10-3-2-4-11(5-10)8-16/h2-5,13,16H,6-8H2,1H3. The van der Waals surface area contributed by atoms with Crippen molar-refractivity contribution in [1.82, 2.24) is 15.5 Å². The molecule has 0 fully saturated rings. The number of nitrogens with one attached hydrogen (secondary N) is 1. The maximum Gasteiger partial charge on any atom is 0.223 e. The molecule has 0 aliphatic carbocycles. The Hall–Kier alpha value is -1.72. The zero-order valence-corrected chi connectivity index (χ0v) is 9.68. The Labute approximate surface area is 99.5 Å². The van der Waals surface area contributed by atoms with Crippen molar-refractivity contribution in [3.63, 3.8) is 0 Å². The van der Waals surface area contributed by atoms with Crippen molar-refractivity contribution < 1.29 is 9.63 Å². The van der Waals surface area contributed by atoms with Gasteiger partial charge in [0.05, 0.1) is 13.2 Å². The van der Waals surface area contributed by atoms with Gasteiger partial charge in [0.15, 0.2) is 5.82 Å². The van der Waals surface area contributed by atoms with Gasteiger partial charge < -0.3 is 14.9 Å². The van der Waals surface area contributed by atoms with Crippen molar-refractivity contribution >= 4 is 0 Å². The van der Waals surface area contributed by atoms with Crippen LogP contribution in [0.3, 0.4) is 0 Å². The van der Waals surface area contributed by atoms with Crippen LogP contribution in [0.5, 0.6) is 0 Å². The van der Waals surface area contributed by atoms with Crippen molar-refractivity contribution in [2.45, 2.75) is 26.6 Å². The normalized spacial score (nSPS) is 10.7. The zero-order chi connectivity index (χ0) is 12.1. The monoisotopic (exact) mass is 233 g/mol. The number of aliphatic hydroxyl groups is 1. The topological polar surface area (TPSA) is 71.2 Å². The van der Waals surface area contributed by atoms with Gasteiger partial charge in [0.25, 0.3) is 0 Å². The first-order chi connectivity index (χ1) is 8.28. The third-order valence-electron chi connectivity index (χ3n) is 2.36. The summed E-state index contributed by atoms with van der Waals surface area (Å²) >= 11 is 0. The van der Waals surface area contributed by atoms with Crippen molar-refractivity contribution in [3.8, 4) is 0 Å². The molecule has 0 amide bonds. The highest BCUT2D eigenvalue weighted by molar-refractivity contribution is 5.22. The maximum atomic E-state index is 9.02. The smallest absolute Gasteiger partial charge is 0.223 e. The molecule has 2 N–H and O–H groups in total. The molecular formula is C12H15N3O2. The van der Waals surface area contributed by atoms with E-state index in [2.05, 4.69) is 15.5 Å². The number of benzene rings is 1. The van der Waals surface area contributed by atoms with Gasteiger partial charge in [0.1, 0.15) is 0 Å². The molecule has 2 aromatic rings. The van der Waals surface area contributed by atoms with E-state index in [1.807, 2.05) is 24.3 Å². The van der Waals surface area contributed by atoms with E-state index < -0.39 is 0 Å². The van der Waals surface area contributed by atoms with Gasteiger partial charge in [-0.3, -0.25) is 0 Å². The lowest BCUT2D eigenvalue weighted by Gasteiger charge is -2.04. The van der Waals surface area contributed by atoms with Gasteiger partial charge in [-0.05, 0) is 11.1 Å². The van der Waals surface area contributed by atoms with E-state index in [0.717, 1.165) is 11.1 Å². The molecule has 0 spiro atoms. The van der Waals surface area contributed by atoms with Crippen LogP contribution in [-0.4, -0.2) is 15.2 Å². The second-order valence-electron chi connectivity index (χ2n) is 3.81. The number of hydrogen-bond donors (Lipinski definition) is 2. The Morgan fingerprint density at radius 2 is 2.12 bits per heavy atom. The van der Waals surface area contributed by atoms with E-state index >= 15 is 0 Å². The van der Waals surface area contributed by atoms with Gasteiger partial charge in [-0.2, -0.15) is 4.98 Å². The molecule has 0 bridgehead atoms. The third-order valence-corrected chi connectivity index (χ3v) is 2.36. The predicted octanol–water partition coefficient (Wildman–Crippen LogP) is 1.16. The van der Waals surface area contributed by atoms with Crippen LogP contribution in [-0.2, 0) is 19.7 Å². The molecule has 2 rings (SSSR count). The molecule has 0 unspecified atom stereocenters. The van der Waals surface area contributed by atoms with E-state index in [4.69, 9.17) is 9.63 Å². The summed E-state index contributed by atoms with van der Waals surface area (Å²) in [6, 6.07) is 7.80. The molecule has 0 saturated carbocycles. The summed E-state index contributed by atoms with van der Waals surface area (Å²) in [5, 5.41) is 16.0. The van der Waals surface area contributed by atoms with Gasteiger partial charge in [0, 0.05) is 13.5 Å². The molecule has 5 heteroatoms. The Balaban J connectivity index is 1.85. The lowest BCUT2D eigenvalue weighted by atomic mass is 10.1. The average Bonchev–Trinajstić information content (AvgIpc) is 2.75. The largest absolute Gasteiger partial charge is 0.392 e. The molecule has 17 heavy (non-hydrogen) atoms. The van der Waals surface area contributed by atoms with Crippen LogP contribution in [0.15, 0.2) is 28.8 Å². The number of hydrogen-bond acceptors (Lipinski definition) is 5. The van der Waals surface area contributed by atoms with Crippen molar-refractivity contribution in [2.75, 3.05) is 0 Å². The van der Waals surface area contributed by atoms with E-state index in [9.17, 15) is 0 Å². The van der Waals surface area contributed by atoms with Crippen LogP contribution in [0.4, 0.5) is 0 Å². The van der Waals surface area contributed by atoms with Crippen molar-refractivity contribution in [3.05, 3.63) is 47.1 Å². The molecule has 1 heterocycles. The van der Waals surface area contributed by atoms with Crippen molar-refractivity contribution in [1.29, 1.82) is 0 Å². The van der Waals surface area contributed by atoms with Crippen molar-refractivity contribution in [2.24, 2.45) is 0 Å². The average molecular weight is 233 g/mol. The Kier molecular flexibility index (Phi) is 3.85. The quantitative estimate of drug-likeness (QED) is 0.811. The van der Waals surface area contributed by atoms with Crippen LogP contribution in [0.25, 0.3) is 0 Å². The first kappa shape index (κ1) is 11.8. The fourth-order valence-electron chi connectivity index (χ4n) is 1.57. The van der Waals surface area contributed by atoms with Crippen LogP contribution in [0.1, 0.15) is 22.8 Å². The highest BCUT2D eigenvalue weighted by Gasteiger charge is 2.01. The van der Waals surface area contributed by atoms with E-state index in [1.165, 1.54) is 0 Å². The summed E-state index contributed by atoms with van der Waals surface area (Å²) in [5.74, 6) is 1.23. The zero-order valence-electron chi connectivity index (χ0n) is 9.68. The lowest BCUT2D eigenvalue weighted by molar-refractivity contribution is 0.281. The molecule has 90 valence electrons. The first-order valence-corrected chi connectivity index (χ1v) is 5.46. The van der Waals surface area contributed by atoms with E-state index in [-0.39, 0.29) is 6.61 Å². The minimum Gasteiger partial charge on any atom is -0.392 e. The number of nitrogens with zero attached hydrogens (tertiary/aromatic N) is 2. The van der Waals surface area contributed by atoms with Crippen LogP contribution in [0.2, 0.25) is 0 Å². The lowest BCUT2D eigenvalue weighted by Crippen LogP contribution is -2.13. The predicted molar refractivity (Wildman–Crippen MR) is 61.9 cm³/mol. The van der Waals surface area contributed by atoms with E-state index in [1.54, 1.807) is 6.92 Å². The van der Waals surface area contributed by atoms with Gasteiger partial charge in [-0.1, -0.05) is 29.4 Å². The van der Waals surface area contributed by atoms with Gasteiger partial charge >= 0.3 is 0 Å². The van der Waals surface area contributed by atoms with Gasteiger partial charge in [-0.15, -0.1) is 0 Å². The third kappa shape index (κ3) is 3.37. The van der Waals surface area contributed by atoms with Crippen LogP contribution < -0.4 is 5.32 Å². The number of aliphatic hydroxyl groups excluding tert-OH is 1. The fraction of sp³-hybridized carbons (Fsp3) is 0.333. The second kappa shape index (κ2) is 5.56. The summed E-state index contributed by atoms with van der Waals surface area (Å²) in [5.41, 5.74) is 2.04. The number of rotatable bonds is 5. The molecule has 1 aromatic carbocycles. The van der Waals surface area contributed by atoms with Gasteiger partial charge in [-0.25, -0.2) is 0 Å². The summed E-state index contributed by atoms with van der Waals surface area (Å²) < 4.78 is 4.87.